The van der Waals surface area contributed by atoms with Crippen molar-refractivity contribution in [3.63, 3.8) is 0 Å². The topological polar surface area (TPSA) is 0 Å². The lowest BCUT2D eigenvalue weighted by atomic mass is 9.73. The molecular weight excluding hydrogens is 168 g/mol. The molecule has 0 radical (unpaired) electrons. The molecule has 0 aromatic rings. The largest absolute Gasteiger partial charge is 0.0625 e. The summed E-state index contributed by atoms with van der Waals surface area (Å²) in [5.41, 5.74) is 0. The normalized spacial score (nSPS) is 25.3. The molecule has 84 valence electrons. The molecule has 1 rings (SSSR count). The van der Waals surface area contributed by atoms with Crippen molar-refractivity contribution in [2.75, 3.05) is 0 Å². The number of rotatable bonds is 4. The van der Waals surface area contributed by atoms with Crippen molar-refractivity contribution in [2.45, 2.75) is 60.3 Å². The van der Waals surface area contributed by atoms with Gasteiger partial charge in [-0.05, 0) is 29.6 Å². The minimum Gasteiger partial charge on any atom is -0.0625 e. The van der Waals surface area contributed by atoms with E-state index in [1.165, 1.54) is 25.7 Å². The second-order valence-electron chi connectivity index (χ2n) is 5.87. The average Bonchev–Trinajstić information content (AvgIpc) is 2.67. The van der Waals surface area contributed by atoms with E-state index in [1.54, 1.807) is 0 Å². The van der Waals surface area contributed by atoms with Crippen molar-refractivity contribution in [1.82, 2.24) is 0 Å². The van der Waals surface area contributed by atoms with Crippen LogP contribution in [0, 0.1) is 29.6 Å². The summed E-state index contributed by atoms with van der Waals surface area (Å²) in [6.45, 7) is 12.1. The third-order valence-electron chi connectivity index (χ3n) is 4.85. The van der Waals surface area contributed by atoms with Gasteiger partial charge in [0, 0.05) is 0 Å². The lowest BCUT2D eigenvalue weighted by Crippen LogP contribution is -2.25. The van der Waals surface area contributed by atoms with Gasteiger partial charge in [-0.15, -0.1) is 0 Å². The lowest BCUT2D eigenvalue weighted by Gasteiger charge is -2.32. The minimum atomic E-state index is 0.842. The maximum atomic E-state index is 2.49. The highest BCUT2D eigenvalue weighted by Crippen LogP contribution is 2.38. The molecule has 0 amide bonds. The molecule has 14 heavy (non-hydrogen) atoms. The van der Waals surface area contributed by atoms with Crippen molar-refractivity contribution in [3.8, 4) is 0 Å². The summed E-state index contributed by atoms with van der Waals surface area (Å²) >= 11 is 0. The van der Waals surface area contributed by atoms with E-state index < -0.39 is 0 Å². The molecule has 0 N–H and O–H groups in total. The molecular formula is C14H28. The van der Waals surface area contributed by atoms with Gasteiger partial charge in [-0.2, -0.15) is 0 Å². The van der Waals surface area contributed by atoms with Gasteiger partial charge in [-0.25, -0.2) is 0 Å². The molecule has 0 saturated heterocycles. The molecule has 0 nitrogen and oxygen atoms in total. The van der Waals surface area contributed by atoms with Crippen LogP contribution >= 0.6 is 0 Å². The maximum absolute atomic E-state index is 2.49. The Kier molecular flexibility index (Phi) is 4.47. The molecule has 0 aromatic carbocycles. The zero-order valence-corrected chi connectivity index (χ0v) is 10.7. The Bertz CT molecular complexity index is 147. The third kappa shape index (κ3) is 2.74. The monoisotopic (exact) mass is 196 g/mol. The molecule has 0 aromatic heterocycles. The Morgan fingerprint density at radius 2 is 1.29 bits per heavy atom. The fourth-order valence-corrected chi connectivity index (χ4v) is 3.00. The van der Waals surface area contributed by atoms with E-state index in [9.17, 15) is 0 Å². The molecule has 0 bridgehead atoms. The minimum absolute atomic E-state index is 0.842. The van der Waals surface area contributed by atoms with Crippen molar-refractivity contribution in [3.05, 3.63) is 0 Å². The van der Waals surface area contributed by atoms with Gasteiger partial charge in [0.05, 0.1) is 0 Å². The van der Waals surface area contributed by atoms with Gasteiger partial charge in [-0.3, -0.25) is 0 Å². The Balaban J connectivity index is 2.45. The molecule has 0 heterocycles. The van der Waals surface area contributed by atoms with E-state index in [-0.39, 0.29) is 0 Å². The van der Waals surface area contributed by atoms with Crippen LogP contribution in [0.4, 0.5) is 0 Å². The Morgan fingerprint density at radius 3 is 1.71 bits per heavy atom. The summed E-state index contributed by atoms with van der Waals surface area (Å²) in [7, 11) is 0. The highest BCUT2D eigenvalue weighted by atomic mass is 14.3. The maximum Gasteiger partial charge on any atom is -0.0386 e. The summed E-state index contributed by atoms with van der Waals surface area (Å²) in [5, 5.41) is 0. The number of hydrogen-bond donors (Lipinski definition) is 0. The Hall–Kier alpha value is 0. The number of hydrogen-bond acceptors (Lipinski definition) is 0. The molecule has 0 spiro atoms. The second kappa shape index (κ2) is 5.19. The highest BCUT2D eigenvalue weighted by molar-refractivity contribution is 4.79. The predicted molar refractivity (Wildman–Crippen MR) is 64.3 cm³/mol. The van der Waals surface area contributed by atoms with Crippen LogP contribution in [0.3, 0.4) is 0 Å². The SMILES string of the molecule is CC(C)C(C)C(C)C(C)C1CCCC1. The Morgan fingerprint density at radius 1 is 0.786 bits per heavy atom. The zero-order valence-electron chi connectivity index (χ0n) is 10.7. The predicted octanol–water partition coefficient (Wildman–Crippen LogP) is 4.74. The van der Waals surface area contributed by atoms with Crippen LogP contribution in [0.25, 0.3) is 0 Å². The molecule has 1 aliphatic carbocycles. The molecule has 3 unspecified atom stereocenters. The molecule has 1 fully saturated rings. The summed E-state index contributed by atoms with van der Waals surface area (Å²) in [5.74, 6) is 4.60. The van der Waals surface area contributed by atoms with Gasteiger partial charge < -0.3 is 0 Å². The average molecular weight is 196 g/mol. The zero-order chi connectivity index (χ0) is 10.7. The van der Waals surface area contributed by atoms with Gasteiger partial charge in [0.1, 0.15) is 0 Å². The van der Waals surface area contributed by atoms with Crippen molar-refractivity contribution in [1.29, 1.82) is 0 Å². The fraction of sp³-hybridized carbons (Fsp3) is 1.00. The summed E-state index contributed by atoms with van der Waals surface area (Å²) in [4.78, 5) is 0. The molecule has 0 heteroatoms. The van der Waals surface area contributed by atoms with Crippen molar-refractivity contribution >= 4 is 0 Å². The first-order valence-corrected chi connectivity index (χ1v) is 6.54. The van der Waals surface area contributed by atoms with Gasteiger partial charge >= 0.3 is 0 Å². The van der Waals surface area contributed by atoms with E-state index in [4.69, 9.17) is 0 Å². The molecule has 1 saturated carbocycles. The second-order valence-corrected chi connectivity index (χ2v) is 5.87. The molecule has 3 atom stereocenters. The summed E-state index contributed by atoms with van der Waals surface area (Å²) < 4.78 is 0. The molecule has 1 aliphatic rings. The van der Waals surface area contributed by atoms with Crippen LogP contribution < -0.4 is 0 Å². The van der Waals surface area contributed by atoms with E-state index in [2.05, 4.69) is 34.6 Å². The Labute approximate surface area is 90.5 Å². The fourth-order valence-electron chi connectivity index (χ4n) is 3.00. The van der Waals surface area contributed by atoms with E-state index in [0.717, 1.165) is 29.6 Å². The van der Waals surface area contributed by atoms with Crippen LogP contribution in [0.1, 0.15) is 60.3 Å². The standard InChI is InChI=1S/C14H28/c1-10(2)11(3)12(4)13(5)14-8-6-7-9-14/h10-14H,6-9H2,1-5H3. The van der Waals surface area contributed by atoms with Crippen molar-refractivity contribution in [2.24, 2.45) is 29.6 Å². The van der Waals surface area contributed by atoms with Gasteiger partial charge in [0.25, 0.3) is 0 Å². The van der Waals surface area contributed by atoms with Crippen LogP contribution in [-0.2, 0) is 0 Å². The lowest BCUT2D eigenvalue weighted by molar-refractivity contribution is 0.170. The first-order chi connectivity index (χ1) is 6.54. The highest BCUT2D eigenvalue weighted by Gasteiger charge is 2.29. The van der Waals surface area contributed by atoms with Gasteiger partial charge in [-0.1, -0.05) is 60.3 Å². The van der Waals surface area contributed by atoms with Gasteiger partial charge in [0.15, 0.2) is 0 Å². The van der Waals surface area contributed by atoms with Crippen LogP contribution in [0.15, 0.2) is 0 Å². The summed E-state index contributed by atoms with van der Waals surface area (Å²) in [6.07, 6.45) is 5.96. The van der Waals surface area contributed by atoms with Gasteiger partial charge in [0.2, 0.25) is 0 Å². The molecule has 0 aliphatic heterocycles. The van der Waals surface area contributed by atoms with Crippen LogP contribution in [0.2, 0.25) is 0 Å². The smallest absolute Gasteiger partial charge is 0.0386 e. The van der Waals surface area contributed by atoms with Crippen LogP contribution in [-0.4, -0.2) is 0 Å². The van der Waals surface area contributed by atoms with E-state index in [0.29, 0.717) is 0 Å². The first-order valence-electron chi connectivity index (χ1n) is 6.54. The van der Waals surface area contributed by atoms with Crippen LogP contribution in [0.5, 0.6) is 0 Å². The van der Waals surface area contributed by atoms with Crippen molar-refractivity contribution < 1.29 is 0 Å². The summed E-state index contributed by atoms with van der Waals surface area (Å²) in [6, 6.07) is 0. The first kappa shape index (κ1) is 12.1. The quantitative estimate of drug-likeness (QED) is 0.609. The third-order valence-corrected chi connectivity index (χ3v) is 4.85. The van der Waals surface area contributed by atoms with E-state index >= 15 is 0 Å². The van der Waals surface area contributed by atoms with E-state index in [1.807, 2.05) is 0 Å².